The maximum absolute atomic E-state index is 10.8. The van der Waals surface area contributed by atoms with E-state index in [4.69, 9.17) is 4.74 Å². The van der Waals surface area contributed by atoms with Gasteiger partial charge in [0, 0.05) is 30.1 Å². The summed E-state index contributed by atoms with van der Waals surface area (Å²) in [4.78, 5) is 0. The summed E-state index contributed by atoms with van der Waals surface area (Å²) in [6.45, 7) is 2.51. The van der Waals surface area contributed by atoms with E-state index < -0.39 is 10.9 Å². The van der Waals surface area contributed by atoms with E-state index in [0.29, 0.717) is 18.0 Å². The molecule has 0 spiro atoms. The third-order valence-electron chi connectivity index (χ3n) is 5.91. The summed E-state index contributed by atoms with van der Waals surface area (Å²) in [5, 5.41) is 7.24. The monoisotopic (exact) mass is 415 g/mol. The predicted molar refractivity (Wildman–Crippen MR) is 116 cm³/mol. The maximum atomic E-state index is 10.8. The van der Waals surface area contributed by atoms with Gasteiger partial charge in [-0.15, -0.1) is 0 Å². The van der Waals surface area contributed by atoms with Gasteiger partial charge in [0.05, 0.1) is 7.11 Å². The first kappa shape index (κ1) is 20.3. The molecule has 4 rings (SSSR count). The van der Waals surface area contributed by atoms with Crippen LogP contribution in [0.5, 0.6) is 5.75 Å². The van der Waals surface area contributed by atoms with E-state index in [1.54, 1.807) is 7.11 Å². The van der Waals surface area contributed by atoms with Gasteiger partial charge < -0.3 is 15.4 Å². The molecule has 0 aromatic heterocycles. The first-order valence-electron chi connectivity index (χ1n) is 10.3. The average molecular weight is 416 g/mol. The van der Waals surface area contributed by atoms with Crippen molar-refractivity contribution in [3.63, 3.8) is 0 Å². The van der Waals surface area contributed by atoms with Crippen LogP contribution < -0.4 is 20.1 Å². The van der Waals surface area contributed by atoms with Crippen LogP contribution in [0.15, 0.2) is 42.5 Å². The zero-order valence-electron chi connectivity index (χ0n) is 16.7. The molecule has 1 aliphatic heterocycles. The minimum Gasteiger partial charge on any atom is -0.496 e. The van der Waals surface area contributed by atoms with Crippen molar-refractivity contribution in [3.8, 4) is 16.9 Å². The van der Waals surface area contributed by atoms with Crippen LogP contribution in [0.3, 0.4) is 0 Å². The zero-order valence-corrected chi connectivity index (χ0v) is 17.6. The number of benzene rings is 2. The van der Waals surface area contributed by atoms with Gasteiger partial charge in [-0.25, -0.2) is 13.1 Å². The number of ether oxygens (including phenoxy) is 1. The minimum absolute atomic E-state index is 0.278. The summed E-state index contributed by atoms with van der Waals surface area (Å²) < 4.78 is 29.6. The second-order valence-electron chi connectivity index (χ2n) is 7.89. The molecule has 0 unspecified atom stereocenters. The second kappa shape index (κ2) is 9.26. The molecule has 2 fully saturated rings. The number of methoxy groups -OCH3 is 1. The summed E-state index contributed by atoms with van der Waals surface area (Å²) in [5.41, 5.74) is 4.32. The molecule has 2 atom stereocenters. The van der Waals surface area contributed by atoms with Gasteiger partial charge >= 0.3 is 0 Å². The molecule has 156 valence electrons. The Hall–Kier alpha value is -1.93. The highest BCUT2D eigenvalue weighted by molar-refractivity contribution is 7.70. The molecule has 29 heavy (non-hydrogen) atoms. The Balaban J connectivity index is 1.44. The fourth-order valence-corrected chi connectivity index (χ4v) is 4.51. The number of rotatable bonds is 8. The molecule has 6 nitrogen and oxygen atoms in total. The van der Waals surface area contributed by atoms with Crippen LogP contribution in [-0.2, 0) is 17.4 Å². The van der Waals surface area contributed by atoms with Gasteiger partial charge in [0.15, 0.2) is 0 Å². The summed E-state index contributed by atoms with van der Waals surface area (Å²) in [6.07, 6.45) is 3.64. The zero-order chi connectivity index (χ0) is 20.2. The van der Waals surface area contributed by atoms with Crippen LogP contribution in [0.25, 0.3) is 11.1 Å². The average Bonchev–Trinajstić information content (AvgIpc) is 3.52. The van der Waals surface area contributed by atoms with Gasteiger partial charge in [0.25, 0.3) is 0 Å². The van der Waals surface area contributed by atoms with Crippen molar-refractivity contribution >= 4 is 10.9 Å². The normalized spacial score (nSPS) is 22.0. The molecule has 2 aromatic carbocycles. The highest BCUT2D eigenvalue weighted by Gasteiger charge is 2.39. The summed E-state index contributed by atoms with van der Waals surface area (Å²) in [6, 6.07) is 15.7. The second-order valence-corrected chi connectivity index (χ2v) is 8.72. The number of hydrogen-bond acceptors (Lipinski definition) is 5. The van der Waals surface area contributed by atoms with Crippen molar-refractivity contribution in [2.75, 3.05) is 20.2 Å². The largest absolute Gasteiger partial charge is 0.496 e. The molecule has 3 N–H and O–H groups in total. The maximum Gasteiger partial charge on any atom is 0.201 e. The van der Waals surface area contributed by atoms with E-state index >= 15 is 0 Å². The predicted octanol–water partition coefficient (Wildman–Crippen LogP) is 2.18. The lowest BCUT2D eigenvalue weighted by Gasteiger charge is -2.24. The third-order valence-corrected chi connectivity index (χ3v) is 6.32. The van der Waals surface area contributed by atoms with Crippen LogP contribution in [0.4, 0.5) is 0 Å². The van der Waals surface area contributed by atoms with Crippen molar-refractivity contribution in [1.29, 1.82) is 0 Å². The molecule has 0 amide bonds. The Morgan fingerprint density at radius 1 is 1.10 bits per heavy atom. The first-order valence-corrected chi connectivity index (χ1v) is 11.4. The van der Waals surface area contributed by atoms with Crippen LogP contribution in [0.2, 0.25) is 0 Å². The molecule has 1 aliphatic carbocycles. The van der Waals surface area contributed by atoms with Crippen molar-refractivity contribution < 1.29 is 13.2 Å². The molecule has 1 saturated carbocycles. The highest BCUT2D eigenvalue weighted by atomic mass is 32.2. The molecule has 0 radical (unpaired) electrons. The number of thiol groups is 1. The van der Waals surface area contributed by atoms with Gasteiger partial charge in [-0.05, 0) is 61.2 Å². The number of hydrogen-bond donors (Lipinski definition) is 4. The van der Waals surface area contributed by atoms with E-state index in [-0.39, 0.29) is 6.54 Å². The molecular formula is C22H29N3O3S. The Labute approximate surface area is 174 Å². The van der Waals surface area contributed by atoms with Crippen LogP contribution in [0.1, 0.15) is 36.3 Å². The van der Waals surface area contributed by atoms with Crippen molar-refractivity contribution in [2.24, 2.45) is 0 Å². The lowest BCUT2D eigenvalue weighted by Crippen LogP contribution is -2.41. The SMILES string of the molecule is COc1ccc(CN[SH](=O)=O)cc1-c1ccc([C@@H]2C[C@H]2NC2CCNCC2)cc1. The Kier molecular flexibility index (Phi) is 6.50. The Morgan fingerprint density at radius 2 is 1.86 bits per heavy atom. The van der Waals surface area contributed by atoms with Gasteiger partial charge in [0.1, 0.15) is 5.75 Å². The summed E-state index contributed by atoms with van der Waals surface area (Å²) >= 11 is 0. The van der Waals surface area contributed by atoms with Crippen molar-refractivity contribution in [2.45, 2.75) is 43.8 Å². The quantitative estimate of drug-likeness (QED) is 0.497. The third kappa shape index (κ3) is 5.17. The van der Waals surface area contributed by atoms with Gasteiger partial charge in [-0.2, -0.15) is 0 Å². The standard InChI is InChI=1S/C22H29N3O3S/c1-28-22-7-2-15(14-24-29(26)27)12-20(22)17-5-3-16(4-6-17)19-13-21(19)25-18-8-10-23-11-9-18/h2-7,12,18-19,21,23,25,29H,8-11,13-14H2,1H3,(H,24,26,27)/t19-,21+/m0/s1. The van der Waals surface area contributed by atoms with Crippen molar-refractivity contribution in [3.05, 3.63) is 53.6 Å². The lowest BCUT2D eigenvalue weighted by molar-refractivity contribution is 0.383. The number of piperidine rings is 1. The minimum atomic E-state index is -2.61. The fraction of sp³-hybridized carbons (Fsp3) is 0.455. The lowest BCUT2D eigenvalue weighted by atomic mass is 9.99. The molecule has 7 heteroatoms. The topological polar surface area (TPSA) is 79.5 Å². The van der Waals surface area contributed by atoms with E-state index in [1.165, 1.54) is 24.8 Å². The fourth-order valence-electron chi connectivity index (χ4n) is 4.20. The molecule has 2 aliphatic rings. The Morgan fingerprint density at radius 3 is 2.55 bits per heavy atom. The van der Waals surface area contributed by atoms with E-state index in [0.717, 1.165) is 35.5 Å². The first-order chi connectivity index (χ1) is 14.1. The summed E-state index contributed by atoms with van der Waals surface area (Å²) in [7, 11) is -0.952. The van der Waals surface area contributed by atoms with Crippen molar-refractivity contribution in [1.82, 2.24) is 15.4 Å². The van der Waals surface area contributed by atoms with Crippen LogP contribution in [0, 0.1) is 0 Å². The molecule has 1 heterocycles. The summed E-state index contributed by atoms with van der Waals surface area (Å²) in [5.74, 6) is 1.38. The van der Waals surface area contributed by atoms with Gasteiger partial charge in [-0.3, -0.25) is 0 Å². The molecule has 1 saturated heterocycles. The van der Waals surface area contributed by atoms with Gasteiger partial charge in [-0.1, -0.05) is 30.3 Å². The smallest absolute Gasteiger partial charge is 0.201 e. The Bertz CT molecular complexity index is 900. The van der Waals surface area contributed by atoms with E-state index in [9.17, 15) is 8.42 Å². The van der Waals surface area contributed by atoms with E-state index in [2.05, 4.69) is 39.6 Å². The molecule has 2 aromatic rings. The van der Waals surface area contributed by atoms with Gasteiger partial charge in [0.2, 0.25) is 10.9 Å². The van der Waals surface area contributed by atoms with Crippen LogP contribution >= 0.6 is 0 Å². The van der Waals surface area contributed by atoms with E-state index in [1.807, 2.05) is 18.2 Å². The molecule has 0 bridgehead atoms. The highest BCUT2D eigenvalue weighted by Crippen LogP contribution is 2.42. The molecular weight excluding hydrogens is 386 g/mol. The number of nitrogens with one attached hydrogen (secondary N) is 3. The van der Waals surface area contributed by atoms with Crippen LogP contribution in [-0.4, -0.2) is 40.7 Å².